The second-order valence-corrected chi connectivity index (χ2v) is 6.41. The zero-order valence-electron chi connectivity index (χ0n) is 15.4. The van der Waals surface area contributed by atoms with Crippen LogP contribution in [0.1, 0.15) is 45.3 Å². The average molecular weight is 361 g/mol. The van der Waals surface area contributed by atoms with Gasteiger partial charge < -0.3 is 4.42 Å². The molecule has 0 N–H and O–H groups in total. The lowest BCUT2D eigenvalue weighted by Crippen LogP contribution is -2.05. The van der Waals surface area contributed by atoms with Gasteiger partial charge in [0.25, 0.3) is 5.69 Å². The van der Waals surface area contributed by atoms with Gasteiger partial charge in [-0.25, -0.2) is 0 Å². The number of aryl methyl sites for hydroxylation is 2. The first-order valence-corrected chi connectivity index (χ1v) is 8.50. The number of benzene rings is 2. The molecule has 1 aromatic heterocycles. The Bertz CT molecular complexity index is 1030. The van der Waals surface area contributed by atoms with Crippen molar-refractivity contribution < 1.29 is 14.1 Å². The van der Waals surface area contributed by atoms with Crippen LogP contribution in [-0.4, -0.2) is 10.7 Å². The van der Waals surface area contributed by atoms with Gasteiger partial charge in [0, 0.05) is 17.2 Å². The van der Waals surface area contributed by atoms with Crippen LogP contribution >= 0.6 is 0 Å². The molecule has 27 heavy (non-hydrogen) atoms. The number of ketones is 1. The van der Waals surface area contributed by atoms with Gasteiger partial charge in [0.2, 0.25) is 0 Å². The molecule has 3 rings (SSSR count). The van der Waals surface area contributed by atoms with Gasteiger partial charge in [-0.3, -0.25) is 14.9 Å². The van der Waals surface area contributed by atoms with E-state index >= 15 is 0 Å². The summed E-state index contributed by atoms with van der Waals surface area (Å²) in [7, 11) is 0. The lowest BCUT2D eigenvalue weighted by molar-refractivity contribution is -0.385. The Hall–Kier alpha value is -3.47. The highest BCUT2D eigenvalue weighted by Crippen LogP contribution is 2.28. The van der Waals surface area contributed by atoms with Crippen LogP contribution in [0, 0.1) is 24.0 Å². The highest BCUT2D eigenvalue weighted by atomic mass is 16.6. The molecule has 0 aliphatic heterocycles. The first-order valence-electron chi connectivity index (χ1n) is 8.50. The molecule has 3 aromatic rings. The number of hydrogen-bond donors (Lipinski definition) is 0. The van der Waals surface area contributed by atoms with Crippen LogP contribution in [0.5, 0.6) is 0 Å². The molecule has 0 saturated heterocycles. The molecule has 5 heteroatoms. The maximum absolute atomic E-state index is 12.8. The van der Waals surface area contributed by atoms with Crippen molar-refractivity contribution in [3.63, 3.8) is 0 Å². The summed E-state index contributed by atoms with van der Waals surface area (Å²) < 4.78 is 5.44. The van der Waals surface area contributed by atoms with Crippen LogP contribution in [0.15, 0.2) is 59.2 Å². The summed E-state index contributed by atoms with van der Waals surface area (Å²) in [5.41, 5.74) is 4.00. The Morgan fingerprint density at radius 2 is 1.81 bits per heavy atom. The van der Waals surface area contributed by atoms with Crippen molar-refractivity contribution in [1.29, 1.82) is 0 Å². The van der Waals surface area contributed by atoms with E-state index in [-0.39, 0.29) is 17.0 Å². The summed E-state index contributed by atoms with van der Waals surface area (Å²) in [5.74, 6) is 0.439. The number of nitro benzene ring substituents is 1. The van der Waals surface area contributed by atoms with Gasteiger partial charge in [-0.2, -0.15) is 0 Å². The fourth-order valence-electron chi connectivity index (χ4n) is 3.21. The minimum atomic E-state index is -0.527. The fourth-order valence-corrected chi connectivity index (χ4v) is 3.21. The van der Waals surface area contributed by atoms with Crippen molar-refractivity contribution in [2.45, 2.75) is 20.8 Å². The molecular formula is C22H19NO4. The Morgan fingerprint density at radius 1 is 1.11 bits per heavy atom. The van der Waals surface area contributed by atoms with Crippen molar-refractivity contribution >= 4 is 23.1 Å². The molecule has 0 radical (unpaired) electrons. The molecule has 1 heterocycles. The van der Waals surface area contributed by atoms with Gasteiger partial charge in [0.05, 0.1) is 11.2 Å². The summed E-state index contributed by atoms with van der Waals surface area (Å²) in [4.78, 5) is 23.7. The second-order valence-electron chi connectivity index (χ2n) is 6.41. The minimum absolute atomic E-state index is 0.0772. The van der Waals surface area contributed by atoms with Crippen molar-refractivity contribution in [3.05, 3.63) is 98.5 Å². The van der Waals surface area contributed by atoms with Gasteiger partial charge in [-0.05, 0) is 49.6 Å². The summed E-state index contributed by atoms with van der Waals surface area (Å²) in [5, 5.41) is 11.4. The smallest absolute Gasteiger partial charge is 0.280 e. The quantitative estimate of drug-likeness (QED) is 0.337. The molecule has 0 aliphatic rings. The molecular weight excluding hydrogens is 342 g/mol. The topological polar surface area (TPSA) is 73.3 Å². The van der Waals surface area contributed by atoms with E-state index in [4.69, 9.17) is 4.42 Å². The lowest BCUT2D eigenvalue weighted by Gasteiger charge is -2.06. The van der Waals surface area contributed by atoms with E-state index in [0.29, 0.717) is 5.56 Å². The standard InChI is InChI=1S/C22H19NO4/c1-14(21-15(2)13-27-16(21)3)11-17-9-10-20(23(25)26)19(12-17)22(24)18-7-5-4-6-8-18/h4-13H,1-3H3/b14-11+. The third-order valence-electron chi connectivity index (χ3n) is 4.43. The monoisotopic (exact) mass is 361 g/mol. The average Bonchev–Trinajstić information content (AvgIpc) is 3.00. The first kappa shape index (κ1) is 18.3. The molecule has 5 nitrogen and oxygen atoms in total. The zero-order valence-corrected chi connectivity index (χ0v) is 15.4. The van der Waals surface area contributed by atoms with Crippen molar-refractivity contribution in [3.8, 4) is 0 Å². The Morgan fingerprint density at radius 3 is 2.41 bits per heavy atom. The number of hydrogen-bond acceptors (Lipinski definition) is 4. The van der Waals surface area contributed by atoms with Crippen molar-refractivity contribution in [2.75, 3.05) is 0 Å². The van der Waals surface area contributed by atoms with Crippen LogP contribution < -0.4 is 0 Å². The maximum Gasteiger partial charge on any atom is 0.280 e. The molecule has 0 amide bonds. The Kier molecular flexibility index (Phi) is 5.03. The van der Waals surface area contributed by atoms with Crippen LogP contribution in [0.4, 0.5) is 5.69 Å². The Labute approximate surface area is 157 Å². The predicted molar refractivity (Wildman–Crippen MR) is 105 cm³/mol. The number of carbonyl (C=O) groups excluding carboxylic acids is 1. The van der Waals surface area contributed by atoms with Crippen LogP contribution in [0.25, 0.3) is 11.6 Å². The number of rotatable bonds is 5. The number of allylic oxidation sites excluding steroid dienone is 1. The highest BCUT2D eigenvalue weighted by molar-refractivity contribution is 6.11. The summed E-state index contributed by atoms with van der Waals surface area (Å²) in [6.07, 6.45) is 3.60. The van der Waals surface area contributed by atoms with Gasteiger partial charge in [0.1, 0.15) is 11.3 Å². The highest BCUT2D eigenvalue weighted by Gasteiger charge is 2.21. The van der Waals surface area contributed by atoms with Gasteiger partial charge in [0.15, 0.2) is 5.78 Å². The molecule has 2 aromatic carbocycles. The summed E-state index contributed by atoms with van der Waals surface area (Å²) in [6, 6.07) is 13.2. The predicted octanol–water partition coefficient (Wildman–Crippen LogP) is 5.60. The lowest BCUT2D eigenvalue weighted by atomic mass is 9.97. The minimum Gasteiger partial charge on any atom is -0.469 e. The number of carbonyl (C=O) groups is 1. The van der Waals surface area contributed by atoms with E-state index in [1.165, 1.54) is 6.07 Å². The van der Waals surface area contributed by atoms with Crippen LogP contribution in [0.3, 0.4) is 0 Å². The van der Waals surface area contributed by atoms with Crippen LogP contribution in [0.2, 0.25) is 0 Å². The second kappa shape index (κ2) is 7.41. The van der Waals surface area contributed by atoms with Crippen molar-refractivity contribution in [2.24, 2.45) is 0 Å². The Balaban J connectivity index is 2.08. The summed E-state index contributed by atoms with van der Waals surface area (Å²) >= 11 is 0. The van der Waals surface area contributed by atoms with E-state index in [1.54, 1.807) is 48.7 Å². The van der Waals surface area contributed by atoms with Gasteiger partial charge >= 0.3 is 0 Å². The number of furan rings is 1. The van der Waals surface area contributed by atoms with E-state index in [0.717, 1.165) is 28.0 Å². The van der Waals surface area contributed by atoms with E-state index in [2.05, 4.69) is 0 Å². The molecule has 0 atom stereocenters. The number of nitro groups is 1. The molecule has 0 saturated carbocycles. The zero-order chi connectivity index (χ0) is 19.6. The normalized spacial score (nSPS) is 11.4. The third-order valence-corrected chi connectivity index (χ3v) is 4.43. The van der Waals surface area contributed by atoms with Gasteiger partial charge in [-0.15, -0.1) is 0 Å². The molecule has 0 unspecified atom stereocenters. The number of nitrogens with zero attached hydrogens (tertiary/aromatic N) is 1. The molecule has 0 aliphatic carbocycles. The maximum atomic E-state index is 12.8. The van der Waals surface area contributed by atoms with E-state index < -0.39 is 4.92 Å². The molecule has 136 valence electrons. The molecule has 0 fully saturated rings. The van der Waals surface area contributed by atoms with E-state index in [1.807, 2.05) is 26.8 Å². The van der Waals surface area contributed by atoms with Gasteiger partial charge in [-0.1, -0.05) is 36.4 Å². The third kappa shape index (κ3) is 3.72. The molecule has 0 spiro atoms. The first-order chi connectivity index (χ1) is 12.9. The van der Waals surface area contributed by atoms with Crippen LogP contribution in [-0.2, 0) is 0 Å². The molecule has 0 bridgehead atoms. The van der Waals surface area contributed by atoms with E-state index in [9.17, 15) is 14.9 Å². The largest absolute Gasteiger partial charge is 0.469 e. The van der Waals surface area contributed by atoms with Crippen molar-refractivity contribution in [1.82, 2.24) is 0 Å². The SMILES string of the molecule is C/C(=C\c1ccc([N+](=O)[O-])c(C(=O)c2ccccc2)c1)c1c(C)coc1C. The fraction of sp³-hybridized carbons (Fsp3) is 0.136. The summed E-state index contributed by atoms with van der Waals surface area (Å²) in [6.45, 7) is 5.80.